The van der Waals surface area contributed by atoms with E-state index in [0.29, 0.717) is 5.92 Å². The van der Waals surface area contributed by atoms with Crippen molar-refractivity contribution in [3.05, 3.63) is 39.7 Å². The lowest BCUT2D eigenvalue weighted by Gasteiger charge is -2.06. The molecule has 1 aliphatic carbocycles. The smallest absolute Gasteiger partial charge is 0.110 e. The molecular weight excluding hydrogens is 240 g/mol. The molecule has 0 radical (unpaired) electrons. The first-order valence-electron chi connectivity index (χ1n) is 6.44. The predicted molar refractivity (Wildman–Crippen MR) is 76.7 cm³/mol. The minimum absolute atomic E-state index is 0.148. The molecule has 0 bridgehead atoms. The van der Waals surface area contributed by atoms with Crippen molar-refractivity contribution in [3.63, 3.8) is 0 Å². The predicted octanol–water partition coefficient (Wildman–Crippen LogP) is 3.84. The summed E-state index contributed by atoms with van der Waals surface area (Å²) in [6, 6.07) is 6.65. The molecule has 1 fully saturated rings. The van der Waals surface area contributed by atoms with Crippen molar-refractivity contribution in [3.8, 4) is 11.3 Å². The fraction of sp³-hybridized carbons (Fsp3) is 0.400. The Labute approximate surface area is 112 Å². The number of nitrogens with two attached hydrogens (primary N) is 1. The summed E-state index contributed by atoms with van der Waals surface area (Å²) in [4.78, 5) is 4.73. The van der Waals surface area contributed by atoms with Crippen molar-refractivity contribution >= 4 is 11.3 Å². The van der Waals surface area contributed by atoms with Gasteiger partial charge in [-0.25, -0.2) is 4.98 Å². The summed E-state index contributed by atoms with van der Waals surface area (Å²) >= 11 is 1.70. The third-order valence-electron chi connectivity index (χ3n) is 3.59. The molecule has 1 atom stereocenters. The van der Waals surface area contributed by atoms with Crippen LogP contribution in [0.25, 0.3) is 11.3 Å². The Hall–Kier alpha value is -1.19. The SMILES string of the molecule is Cc1ccc(-c2csc(C(N)C3CC3)n2)c(C)c1. The number of hydrogen-bond donors (Lipinski definition) is 1. The zero-order valence-electron chi connectivity index (χ0n) is 10.8. The third-order valence-corrected chi connectivity index (χ3v) is 4.54. The van der Waals surface area contributed by atoms with Crippen molar-refractivity contribution in [2.24, 2.45) is 11.7 Å². The van der Waals surface area contributed by atoms with Gasteiger partial charge in [0.25, 0.3) is 0 Å². The quantitative estimate of drug-likeness (QED) is 0.908. The summed E-state index contributed by atoms with van der Waals surface area (Å²) in [5.41, 5.74) is 11.1. The summed E-state index contributed by atoms with van der Waals surface area (Å²) in [6.45, 7) is 4.26. The number of aryl methyl sites for hydroxylation is 2. The number of benzene rings is 1. The van der Waals surface area contributed by atoms with Crippen LogP contribution in [0.2, 0.25) is 0 Å². The van der Waals surface area contributed by atoms with E-state index in [0.717, 1.165) is 10.7 Å². The average molecular weight is 258 g/mol. The lowest BCUT2D eigenvalue weighted by molar-refractivity contribution is 0.629. The Bertz CT molecular complexity index is 570. The molecule has 1 aliphatic rings. The minimum Gasteiger partial charge on any atom is -0.322 e. The molecule has 18 heavy (non-hydrogen) atoms. The first kappa shape index (κ1) is 11.9. The number of rotatable bonds is 3. The van der Waals surface area contributed by atoms with E-state index >= 15 is 0 Å². The Kier molecular flexibility index (Phi) is 2.96. The van der Waals surface area contributed by atoms with Crippen LogP contribution < -0.4 is 5.73 Å². The first-order chi connectivity index (χ1) is 8.65. The third kappa shape index (κ3) is 2.20. The summed E-state index contributed by atoms with van der Waals surface area (Å²) in [6.07, 6.45) is 2.53. The maximum atomic E-state index is 6.20. The van der Waals surface area contributed by atoms with Crippen LogP contribution in [-0.2, 0) is 0 Å². The summed E-state index contributed by atoms with van der Waals surface area (Å²) in [5.74, 6) is 0.670. The van der Waals surface area contributed by atoms with Gasteiger partial charge in [-0.3, -0.25) is 0 Å². The standard InChI is InChI=1S/C15H18N2S/c1-9-3-6-12(10(2)7-9)13-8-18-15(17-13)14(16)11-4-5-11/h3,6-8,11,14H,4-5,16H2,1-2H3. The second-order valence-corrected chi connectivity index (χ2v) is 6.14. The van der Waals surface area contributed by atoms with Crippen LogP contribution in [0.1, 0.15) is 35.0 Å². The Balaban J connectivity index is 1.92. The van der Waals surface area contributed by atoms with Crippen molar-refractivity contribution in [1.82, 2.24) is 4.98 Å². The fourth-order valence-corrected chi connectivity index (χ4v) is 3.24. The molecule has 3 rings (SSSR count). The second kappa shape index (κ2) is 4.48. The van der Waals surface area contributed by atoms with Gasteiger partial charge in [0.05, 0.1) is 11.7 Å². The van der Waals surface area contributed by atoms with Gasteiger partial charge in [0.15, 0.2) is 0 Å². The Morgan fingerprint density at radius 1 is 1.33 bits per heavy atom. The van der Waals surface area contributed by atoms with Crippen LogP contribution in [0.4, 0.5) is 0 Å². The highest BCUT2D eigenvalue weighted by Crippen LogP contribution is 2.41. The number of hydrogen-bond acceptors (Lipinski definition) is 3. The second-order valence-electron chi connectivity index (χ2n) is 5.25. The largest absolute Gasteiger partial charge is 0.322 e. The van der Waals surface area contributed by atoms with Crippen molar-refractivity contribution in [2.75, 3.05) is 0 Å². The van der Waals surface area contributed by atoms with E-state index in [1.807, 2.05) is 0 Å². The molecule has 0 amide bonds. The normalized spacial score (nSPS) is 16.8. The Morgan fingerprint density at radius 2 is 2.11 bits per heavy atom. The fourth-order valence-electron chi connectivity index (χ4n) is 2.32. The van der Waals surface area contributed by atoms with Gasteiger partial charge >= 0.3 is 0 Å². The topological polar surface area (TPSA) is 38.9 Å². The summed E-state index contributed by atoms with van der Waals surface area (Å²) in [7, 11) is 0. The van der Waals surface area contributed by atoms with E-state index in [1.165, 1.54) is 29.5 Å². The molecule has 94 valence electrons. The van der Waals surface area contributed by atoms with Gasteiger partial charge in [-0.05, 0) is 38.2 Å². The highest BCUT2D eigenvalue weighted by atomic mass is 32.1. The molecular formula is C15H18N2S. The maximum Gasteiger partial charge on any atom is 0.110 e. The number of nitrogens with zero attached hydrogens (tertiary/aromatic N) is 1. The highest BCUT2D eigenvalue weighted by Gasteiger charge is 2.31. The number of aromatic nitrogens is 1. The van der Waals surface area contributed by atoms with E-state index < -0.39 is 0 Å². The van der Waals surface area contributed by atoms with Crippen LogP contribution in [0.3, 0.4) is 0 Å². The summed E-state index contributed by atoms with van der Waals surface area (Å²) in [5, 5.41) is 3.22. The minimum atomic E-state index is 0.148. The van der Waals surface area contributed by atoms with Crippen molar-refractivity contribution in [1.29, 1.82) is 0 Å². The maximum absolute atomic E-state index is 6.20. The molecule has 1 unspecified atom stereocenters. The van der Waals surface area contributed by atoms with Gasteiger partial charge in [-0.1, -0.05) is 23.8 Å². The van der Waals surface area contributed by atoms with E-state index in [4.69, 9.17) is 10.7 Å². The van der Waals surface area contributed by atoms with Crippen LogP contribution >= 0.6 is 11.3 Å². The molecule has 2 nitrogen and oxygen atoms in total. The van der Waals surface area contributed by atoms with E-state index in [-0.39, 0.29) is 6.04 Å². The Morgan fingerprint density at radius 3 is 2.78 bits per heavy atom. The molecule has 2 aromatic rings. The molecule has 0 spiro atoms. The van der Waals surface area contributed by atoms with Crippen LogP contribution in [0.15, 0.2) is 23.6 Å². The van der Waals surface area contributed by atoms with Gasteiger partial charge < -0.3 is 5.73 Å². The van der Waals surface area contributed by atoms with Gasteiger partial charge in [-0.15, -0.1) is 11.3 Å². The van der Waals surface area contributed by atoms with E-state index in [1.54, 1.807) is 11.3 Å². The molecule has 1 aromatic heterocycles. The molecule has 1 aromatic carbocycles. The molecule has 1 saturated carbocycles. The first-order valence-corrected chi connectivity index (χ1v) is 7.32. The highest BCUT2D eigenvalue weighted by molar-refractivity contribution is 7.10. The van der Waals surface area contributed by atoms with Gasteiger partial charge in [-0.2, -0.15) is 0 Å². The molecule has 3 heteroatoms. The zero-order valence-corrected chi connectivity index (χ0v) is 11.6. The number of thiazole rings is 1. The van der Waals surface area contributed by atoms with Gasteiger partial charge in [0.2, 0.25) is 0 Å². The van der Waals surface area contributed by atoms with Crippen LogP contribution in [0, 0.1) is 19.8 Å². The lowest BCUT2D eigenvalue weighted by atomic mass is 10.0. The van der Waals surface area contributed by atoms with Crippen LogP contribution in [0.5, 0.6) is 0 Å². The monoisotopic (exact) mass is 258 g/mol. The molecule has 0 saturated heterocycles. The van der Waals surface area contributed by atoms with Crippen LogP contribution in [-0.4, -0.2) is 4.98 Å². The van der Waals surface area contributed by atoms with E-state index in [2.05, 4.69) is 37.4 Å². The zero-order chi connectivity index (χ0) is 12.7. The summed E-state index contributed by atoms with van der Waals surface area (Å²) < 4.78 is 0. The molecule has 2 N–H and O–H groups in total. The average Bonchev–Trinajstić information content (AvgIpc) is 3.07. The van der Waals surface area contributed by atoms with Gasteiger partial charge in [0.1, 0.15) is 5.01 Å². The van der Waals surface area contributed by atoms with Crippen molar-refractivity contribution in [2.45, 2.75) is 32.7 Å². The molecule has 0 aliphatic heterocycles. The van der Waals surface area contributed by atoms with Crippen molar-refractivity contribution < 1.29 is 0 Å². The van der Waals surface area contributed by atoms with E-state index in [9.17, 15) is 0 Å². The lowest BCUT2D eigenvalue weighted by Crippen LogP contribution is -2.11. The van der Waals surface area contributed by atoms with Gasteiger partial charge in [0, 0.05) is 10.9 Å². The molecule has 1 heterocycles.